The van der Waals surface area contributed by atoms with Crippen molar-refractivity contribution in [3.8, 4) is 0 Å². The molecular weight excluding hydrogens is 396 g/mol. The summed E-state index contributed by atoms with van der Waals surface area (Å²) in [6, 6.07) is 14.7. The van der Waals surface area contributed by atoms with Gasteiger partial charge >= 0.3 is 0 Å². The van der Waals surface area contributed by atoms with Crippen molar-refractivity contribution in [3.63, 3.8) is 0 Å². The molecule has 0 aliphatic carbocycles. The summed E-state index contributed by atoms with van der Waals surface area (Å²) in [4.78, 5) is 24.6. The molecule has 0 saturated heterocycles. The van der Waals surface area contributed by atoms with Crippen LogP contribution in [0.15, 0.2) is 65.5 Å². The Kier molecular flexibility index (Phi) is 6.10. The Hall–Kier alpha value is -3.00. The van der Waals surface area contributed by atoms with Crippen LogP contribution in [0.3, 0.4) is 0 Å². The molecule has 0 fully saturated rings. The van der Waals surface area contributed by atoms with Gasteiger partial charge in [0.2, 0.25) is 0 Å². The molecule has 1 amide bonds. The lowest BCUT2D eigenvalue weighted by Gasteiger charge is -2.09. The number of benzene rings is 1. The quantitative estimate of drug-likeness (QED) is 0.516. The minimum absolute atomic E-state index is 0.125. The second-order valence-corrected chi connectivity index (χ2v) is 6.15. The molecule has 0 unspecified atom stereocenters. The van der Waals surface area contributed by atoms with Crippen LogP contribution in [0.5, 0.6) is 0 Å². The van der Waals surface area contributed by atoms with E-state index in [0.29, 0.717) is 36.1 Å². The standard InChI is InChI=1S/C18H17BrN6O/c19-14-6-2-1-5-13(14)18(26)22-10-9-21-16-11-17(24-12-23-16)25-15-7-3-4-8-20-15/h1-8,11-12H,9-10H2,(H,22,26)(H2,20,21,23,24,25). The normalized spacial score (nSPS) is 10.2. The fourth-order valence-corrected chi connectivity index (χ4v) is 2.66. The lowest BCUT2D eigenvalue weighted by molar-refractivity contribution is 0.0954. The van der Waals surface area contributed by atoms with Crippen molar-refractivity contribution in [2.24, 2.45) is 0 Å². The van der Waals surface area contributed by atoms with Crippen LogP contribution in [0.2, 0.25) is 0 Å². The van der Waals surface area contributed by atoms with E-state index in [1.807, 2.05) is 36.4 Å². The van der Waals surface area contributed by atoms with Crippen LogP contribution in [-0.2, 0) is 0 Å². The van der Waals surface area contributed by atoms with Crippen LogP contribution in [-0.4, -0.2) is 33.9 Å². The molecule has 1 aromatic carbocycles. The number of hydrogen-bond donors (Lipinski definition) is 3. The third kappa shape index (κ3) is 5.00. The van der Waals surface area contributed by atoms with E-state index in [1.54, 1.807) is 18.3 Å². The number of carbonyl (C=O) groups excluding carboxylic acids is 1. The molecule has 3 aromatic rings. The average molecular weight is 413 g/mol. The number of carbonyl (C=O) groups is 1. The first-order valence-corrected chi connectivity index (χ1v) is 8.78. The smallest absolute Gasteiger partial charge is 0.252 e. The second kappa shape index (κ2) is 8.91. The van der Waals surface area contributed by atoms with E-state index in [2.05, 4.69) is 46.8 Å². The molecule has 0 atom stereocenters. The van der Waals surface area contributed by atoms with Gasteiger partial charge in [-0.3, -0.25) is 4.79 Å². The lowest BCUT2D eigenvalue weighted by Crippen LogP contribution is -2.29. The van der Waals surface area contributed by atoms with Gasteiger partial charge in [-0.05, 0) is 40.2 Å². The minimum atomic E-state index is -0.125. The average Bonchev–Trinajstić information content (AvgIpc) is 2.66. The van der Waals surface area contributed by atoms with Gasteiger partial charge in [-0.25, -0.2) is 15.0 Å². The van der Waals surface area contributed by atoms with Crippen molar-refractivity contribution < 1.29 is 4.79 Å². The first-order valence-electron chi connectivity index (χ1n) is 7.99. The van der Waals surface area contributed by atoms with Gasteiger partial charge < -0.3 is 16.0 Å². The molecule has 3 rings (SSSR count). The van der Waals surface area contributed by atoms with E-state index in [1.165, 1.54) is 6.33 Å². The van der Waals surface area contributed by atoms with Gasteiger partial charge in [0.25, 0.3) is 5.91 Å². The highest BCUT2D eigenvalue weighted by atomic mass is 79.9. The number of amides is 1. The Labute approximate surface area is 159 Å². The number of hydrogen-bond acceptors (Lipinski definition) is 6. The summed E-state index contributed by atoms with van der Waals surface area (Å²) in [6.07, 6.45) is 3.17. The number of rotatable bonds is 7. The van der Waals surface area contributed by atoms with Gasteiger partial charge in [0.15, 0.2) is 0 Å². The molecule has 0 aliphatic heterocycles. The largest absolute Gasteiger partial charge is 0.368 e. The van der Waals surface area contributed by atoms with Crippen molar-refractivity contribution in [2.75, 3.05) is 23.7 Å². The molecular formula is C18H17BrN6O. The summed E-state index contributed by atoms with van der Waals surface area (Å²) < 4.78 is 0.770. The Morgan fingerprint density at radius 2 is 1.73 bits per heavy atom. The van der Waals surface area contributed by atoms with Gasteiger partial charge in [0.1, 0.15) is 23.8 Å². The first-order chi connectivity index (χ1) is 12.7. The van der Waals surface area contributed by atoms with Crippen molar-refractivity contribution >= 4 is 39.3 Å². The van der Waals surface area contributed by atoms with Gasteiger partial charge in [0.05, 0.1) is 5.56 Å². The van der Waals surface area contributed by atoms with Gasteiger partial charge in [-0.15, -0.1) is 0 Å². The highest BCUT2D eigenvalue weighted by Crippen LogP contribution is 2.15. The van der Waals surface area contributed by atoms with Crippen LogP contribution >= 0.6 is 15.9 Å². The van der Waals surface area contributed by atoms with Crippen molar-refractivity contribution in [1.29, 1.82) is 0 Å². The Morgan fingerprint density at radius 1 is 0.923 bits per heavy atom. The fraction of sp³-hybridized carbons (Fsp3) is 0.111. The number of nitrogens with zero attached hydrogens (tertiary/aromatic N) is 3. The predicted octanol–water partition coefficient (Wildman–Crippen LogP) is 3.22. The number of pyridine rings is 1. The molecule has 0 spiro atoms. The van der Waals surface area contributed by atoms with Crippen LogP contribution in [0.4, 0.5) is 17.5 Å². The van der Waals surface area contributed by atoms with E-state index in [4.69, 9.17) is 0 Å². The second-order valence-electron chi connectivity index (χ2n) is 5.29. The zero-order valence-electron chi connectivity index (χ0n) is 13.8. The number of nitrogens with one attached hydrogen (secondary N) is 3. The summed E-state index contributed by atoms with van der Waals surface area (Å²) in [5.41, 5.74) is 0.608. The first kappa shape index (κ1) is 17.8. The number of aromatic nitrogens is 3. The summed E-state index contributed by atoms with van der Waals surface area (Å²) in [5.74, 6) is 1.88. The van der Waals surface area contributed by atoms with Crippen molar-refractivity contribution in [2.45, 2.75) is 0 Å². The van der Waals surface area contributed by atoms with E-state index in [0.717, 1.165) is 4.47 Å². The highest BCUT2D eigenvalue weighted by Gasteiger charge is 2.08. The Bertz CT molecular complexity index is 874. The molecule has 8 heteroatoms. The summed E-state index contributed by atoms with van der Waals surface area (Å²) >= 11 is 3.37. The Balaban J connectivity index is 1.48. The van der Waals surface area contributed by atoms with Crippen molar-refractivity contribution in [3.05, 3.63) is 71.1 Å². The summed E-state index contributed by atoms with van der Waals surface area (Å²) in [7, 11) is 0. The molecule has 26 heavy (non-hydrogen) atoms. The molecule has 0 bridgehead atoms. The minimum Gasteiger partial charge on any atom is -0.368 e. The SMILES string of the molecule is O=C(NCCNc1cc(Nc2ccccn2)ncn1)c1ccccc1Br. The maximum atomic E-state index is 12.1. The third-order valence-corrected chi connectivity index (χ3v) is 4.11. The molecule has 2 heterocycles. The van der Waals surface area contributed by atoms with Crippen LogP contribution in [0.1, 0.15) is 10.4 Å². The lowest BCUT2D eigenvalue weighted by atomic mass is 10.2. The maximum absolute atomic E-state index is 12.1. The maximum Gasteiger partial charge on any atom is 0.252 e. The van der Waals surface area contributed by atoms with Crippen LogP contribution < -0.4 is 16.0 Å². The van der Waals surface area contributed by atoms with Gasteiger partial charge in [-0.2, -0.15) is 0 Å². The molecule has 132 valence electrons. The highest BCUT2D eigenvalue weighted by molar-refractivity contribution is 9.10. The number of halogens is 1. The topological polar surface area (TPSA) is 91.8 Å². The van der Waals surface area contributed by atoms with E-state index < -0.39 is 0 Å². The molecule has 7 nitrogen and oxygen atoms in total. The summed E-state index contributed by atoms with van der Waals surface area (Å²) in [6.45, 7) is 1.00. The third-order valence-electron chi connectivity index (χ3n) is 3.42. The van der Waals surface area contributed by atoms with Crippen molar-refractivity contribution in [1.82, 2.24) is 20.3 Å². The van der Waals surface area contributed by atoms with E-state index in [9.17, 15) is 4.79 Å². The van der Waals surface area contributed by atoms with Gasteiger partial charge in [-0.1, -0.05) is 18.2 Å². The zero-order chi connectivity index (χ0) is 18.2. The fourth-order valence-electron chi connectivity index (χ4n) is 2.20. The van der Waals surface area contributed by atoms with Crippen LogP contribution in [0, 0.1) is 0 Å². The number of anilines is 3. The van der Waals surface area contributed by atoms with Crippen LogP contribution in [0.25, 0.3) is 0 Å². The molecule has 2 aromatic heterocycles. The molecule has 0 radical (unpaired) electrons. The van der Waals surface area contributed by atoms with E-state index in [-0.39, 0.29) is 5.91 Å². The zero-order valence-corrected chi connectivity index (χ0v) is 15.4. The predicted molar refractivity (Wildman–Crippen MR) is 105 cm³/mol. The summed E-state index contributed by atoms with van der Waals surface area (Å²) in [5, 5.41) is 9.12. The molecule has 3 N–H and O–H groups in total. The molecule has 0 saturated carbocycles. The Morgan fingerprint density at radius 3 is 2.54 bits per heavy atom. The van der Waals surface area contributed by atoms with Gasteiger partial charge in [0, 0.05) is 29.8 Å². The van der Waals surface area contributed by atoms with E-state index >= 15 is 0 Å². The monoisotopic (exact) mass is 412 g/mol. The molecule has 0 aliphatic rings.